The van der Waals surface area contributed by atoms with E-state index in [2.05, 4.69) is 15.3 Å². The SMILES string of the molecule is Cc1ccc(-c2nnc(-c3nn(C)c4c3CN(S(=O)(=O)c3ccc(Cl)s3)CC4)o2)cc1. The van der Waals surface area contributed by atoms with Crippen LogP contribution in [-0.2, 0) is 30.0 Å². The summed E-state index contributed by atoms with van der Waals surface area (Å²) < 4.78 is 35.9. The Morgan fingerprint density at radius 2 is 1.84 bits per heavy atom. The number of halogens is 1. The second kappa shape index (κ2) is 7.56. The summed E-state index contributed by atoms with van der Waals surface area (Å²) in [6.45, 7) is 2.55. The minimum absolute atomic E-state index is 0.179. The topological polar surface area (TPSA) is 94.1 Å². The molecule has 0 saturated carbocycles. The third-order valence-corrected chi connectivity index (χ3v) is 8.82. The van der Waals surface area contributed by atoms with Gasteiger partial charge in [0.05, 0.1) is 4.34 Å². The molecule has 4 heterocycles. The summed E-state index contributed by atoms with van der Waals surface area (Å²) in [5.74, 6) is 0.661. The van der Waals surface area contributed by atoms with Crippen LogP contribution in [0.2, 0.25) is 4.34 Å². The van der Waals surface area contributed by atoms with Gasteiger partial charge in [-0.1, -0.05) is 29.3 Å². The standard InChI is InChI=1S/C20H18ClN5O3S2/c1-12-3-5-13(6-4-12)19-22-23-20(29-19)18-14-11-26(10-9-15(14)25(2)24-18)31(27,28)17-8-7-16(21)30-17/h3-8H,9-11H2,1-2H3. The van der Waals surface area contributed by atoms with Gasteiger partial charge in [-0.3, -0.25) is 4.68 Å². The monoisotopic (exact) mass is 475 g/mol. The van der Waals surface area contributed by atoms with Gasteiger partial charge in [-0.05, 0) is 31.2 Å². The number of hydrogen-bond acceptors (Lipinski definition) is 7. The van der Waals surface area contributed by atoms with Crippen molar-refractivity contribution in [1.82, 2.24) is 24.3 Å². The minimum Gasteiger partial charge on any atom is -0.415 e. The maximum Gasteiger partial charge on any atom is 0.268 e. The summed E-state index contributed by atoms with van der Waals surface area (Å²) in [7, 11) is -1.82. The summed E-state index contributed by atoms with van der Waals surface area (Å²) in [5.41, 5.74) is 4.19. The lowest BCUT2D eigenvalue weighted by molar-refractivity contribution is 0.387. The molecule has 11 heteroatoms. The Bertz CT molecular complexity index is 1370. The van der Waals surface area contributed by atoms with E-state index in [4.69, 9.17) is 16.0 Å². The Labute approximate surface area is 188 Å². The molecule has 1 aromatic carbocycles. The maximum atomic E-state index is 13.1. The molecule has 4 aromatic rings. The van der Waals surface area contributed by atoms with Crippen LogP contribution >= 0.6 is 22.9 Å². The molecule has 0 amide bonds. The van der Waals surface area contributed by atoms with Crippen molar-refractivity contribution in [2.75, 3.05) is 6.54 Å². The van der Waals surface area contributed by atoms with Gasteiger partial charge < -0.3 is 4.42 Å². The molecule has 5 rings (SSSR count). The summed E-state index contributed by atoms with van der Waals surface area (Å²) in [6.07, 6.45) is 0.538. The van der Waals surface area contributed by atoms with Crippen LogP contribution in [0.25, 0.3) is 23.0 Å². The van der Waals surface area contributed by atoms with Gasteiger partial charge in [-0.2, -0.15) is 9.40 Å². The summed E-state index contributed by atoms with van der Waals surface area (Å²) >= 11 is 7.00. The van der Waals surface area contributed by atoms with Crippen LogP contribution in [0.3, 0.4) is 0 Å². The molecule has 0 saturated heterocycles. The number of aryl methyl sites for hydroxylation is 2. The molecule has 0 aliphatic carbocycles. The molecule has 0 fully saturated rings. The quantitative estimate of drug-likeness (QED) is 0.444. The highest BCUT2D eigenvalue weighted by atomic mass is 35.5. The third-order valence-electron chi connectivity index (χ3n) is 5.28. The number of fused-ring (bicyclic) bond motifs is 1. The van der Waals surface area contributed by atoms with Crippen molar-refractivity contribution in [3.63, 3.8) is 0 Å². The molecule has 31 heavy (non-hydrogen) atoms. The van der Waals surface area contributed by atoms with Crippen molar-refractivity contribution in [2.24, 2.45) is 7.05 Å². The molecule has 8 nitrogen and oxygen atoms in total. The van der Waals surface area contributed by atoms with Gasteiger partial charge in [-0.15, -0.1) is 21.5 Å². The minimum atomic E-state index is -3.65. The normalized spacial score (nSPS) is 14.7. The fraction of sp³-hybridized carbons (Fsp3) is 0.250. The summed E-state index contributed by atoms with van der Waals surface area (Å²) in [6, 6.07) is 10.9. The molecule has 1 aliphatic heterocycles. The molecular weight excluding hydrogens is 458 g/mol. The lowest BCUT2D eigenvalue weighted by Crippen LogP contribution is -2.36. The van der Waals surface area contributed by atoms with Gasteiger partial charge in [0.2, 0.25) is 5.89 Å². The first-order valence-corrected chi connectivity index (χ1v) is 12.2. The molecule has 0 spiro atoms. The number of aromatic nitrogens is 4. The van der Waals surface area contributed by atoms with Crippen LogP contribution in [0.1, 0.15) is 16.8 Å². The molecule has 1 aliphatic rings. The Kier molecular flexibility index (Phi) is 4.97. The van der Waals surface area contributed by atoms with Crippen LogP contribution in [-0.4, -0.2) is 39.2 Å². The van der Waals surface area contributed by atoms with Crippen molar-refractivity contribution in [1.29, 1.82) is 0 Å². The largest absolute Gasteiger partial charge is 0.415 e. The Morgan fingerprint density at radius 1 is 1.10 bits per heavy atom. The first-order valence-electron chi connectivity index (χ1n) is 9.54. The zero-order valence-corrected chi connectivity index (χ0v) is 19.1. The van der Waals surface area contributed by atoms with Crippen LogP contribution in [0, 0.1) is 6.92 Å². The van der Waals surface area contributed by atoms with Crippen LogP contribution in [0.15, 0.2) is 45.0 Å². The Hall–Kier alpha value is -2.53. The average Bonchev–Trinajstić information content (AvgIpc) is 3.48. The predicted octanol–water partition coefficient (Wildman–Crippen LogP) is 3.91. The molecule has 0 bridgehead atoms. The first kappa shape index (κ1) is 20.4. The number of benzene rings is 1. The highest BCUT2D eigenvalue weighted by Crippen LogP contribution is 2.34. The van der Waals surface area contributed by atoms with Crippen LogP contribution < -0.4 is 0 Å². The Morgan fingerprint density at radius 3 is 2.55 bits per heavy atom. The lowest BCUT2D eigenvalue weighted by Gasteiger charge is -2.26. The van der Waals surface area contributed by atoms with E-state index in [1.54, 1.807) is 10.7 Å². The van der Waals surface area contributed by atoms with Gasteiger partial charge in [0.15, 0.2) is 5.69 Å². The summed E-state index contributed by atoms with van der Waals surface area (Å²) in [5, 5.41) is 12.9. The van der Waals surface area contributed by atoms with E-state index in [0.29, 0.717) is 28.9 Å². The third kappa shape index (κ3) is 3.59. The highest BCUT2D eigenvalue weighted by molar-refractivity contribution is 7.91. The maximum absolute atomic E-state index is 13.1. The zero-order valence-electron chi connectivity index (χ0n) is 16.7. The van der Waals surface area contributed by atoms with E-state index in [0.717, 1.165) is 33.7 Å². The number of rotatable bonds is 4. The van der Waals surface area contributed by atoms with E-state index in [1.165, 1.54) is 10.4 Å². The highest BCUT2D eigenvalue weighted by Gasteiger charge is 2.34. The zero-order chi connectivity index (χ0) is 21.8. The van der Waals surface area contributed by atoms with Gasteiger partial charge in [0, 0.05) is 43.4 Å². The van der Waals surface area contributed by atoms with E-state index < -0.39 is 10.0 Å². The van der Waals surface area contributed by atoms with Gasteiger partial charge in [-0.25, -0.2) is 8.42 Å². The van der Waals surface area contributed by atoms with E-state index in [-0.39, 0.29) is 16.6 Å². The molecule has 0 radical (unpaired) electrons. The van der Waals surface area contributed by atoms with E-state index in [9.17, 15) is 8.42 Å². The fourth-order valence-electron chi connectivity index (χ4n) is 3.64. The van der Waals surface area contributed by atoms with Crippen molar-refractivity contribution in [3.05, 3.63) is 57.6 Å². The summed E-state index contributed by atoms with van der Waals surface area (Å²) in [4.78, 5) is 0. The molecule has 0 unspecified atom stereocenters. The number of nitrogens with zero attached hydrogens (tertiary/aromatic N) is 5. The number of thiophene rings is 1. The van der Waals surface area contributed by atoms with Crippen molar-refractivity contribution in [3.8, 4) is 23.0 Å². The molecule has 3 aromatic heterocycles. The van der Waals surface area contributed by atoms with E-state index >= 15 is 0 Å². The second-order valence-electron chi connectivity index (χ2n) is 7.32. The van der Waals surface area contributed by atoms with Gasteiger partial charge in [0.25, 0.3) is 15.9 Å². The molecule has 0 atom stereocenters. The fourth-order valence-corrected chi connectivity index (χ4v) is 6.69. The molecule has 160 valence electrons. The first-order chi connectivity index (χ1) is 14.8. The molecule has 0 N–H and O–H groups in total. The van der Waals surface area contributed by atoms with Gasteiger partial charge >= 0.3 is 0 Å². The average molecular weight is 476 g/mol. The smallest absolute Gasteiger partial charge is 0.268 e. The van der Waals surface area contributed by atoms with Crippen LogP contribution in [0.5, 0.6) is 0 Å². The van der Waals surface area contributed by atoms with Crippen LogP contribution in [0.4, 0.5) is 0 Å². The number of hydrogen-bond donors (Lipinski definition) is 0. The van der Waals surface area contributed by atoms with Crippen molar-refractivity contribution < 1.29 is 12.8 Å². The van der Waals surface area contributed by atoms with E-state index in [1.807, 2.05) is 38.2 Å². The number of sulfonamides is 1. The lowest BCUT2D eigenvalue weighted by atomic mass is 10.1. The van der Waals surface area contributed by atoms with Crippen molar-refractivity contribution >= 4 is 33.0 Å². The Balaban J connectivity index is 1.50. The molecular formula is C20H18ClN5O3S2. The van der Waals surface area contributed by atoms with Crippen molar-refractivity contribution in [2.45, 2.75) is 24.1 Å². The predicted molar refractivity (Wildman–Crippen MR) is 117 cm³/mol. The second-order valence-corrected chi connectivity index (χ2v) is 11.2. The van der Waals surface area contributed by atoms with Gasteiger partial charge in [0.1, 0.15) is 4.21 Å².